The second-order valence-corrected chi connectivity index (χ2v) is 8.59. The number of thiazole rings is 1. The maximum absolute atomic E-state index is 12.9. The second-order valence-electron chi connectivity index (χ2n) is 7.31. The molecule has 3 rings (SSSR count). The minimum atomic E-state index is -0.474. The zero-order chi connectivity index (χ0) is 24.5. The number of carbonyl (C=O) groups excluding carboxylic acids is 2. The summed E-state index contributed by atoms with van der Waals surface area (Å²) in [6.07, 6.45) is 1.30. The van der Waals surface area contributed by atoms with E-state index in [9.17, 15) is 9.59 Å². The summed E-state index contributed by atoms with van der Waals surface area (Å²) in [7, 11) is 3.01. The van der Waals surface area contributed by atoms with Gasteiger partial charge in [-0.3, -0.25) is 9.59 Å². The van der Waals surface area contributed by atoms with E-state index in [2.05, 4.69) is 10.3 Å². The Morgan fingerprint density at radius 1 is 1.15 bits per heavy atom. The SMILES string of the molecule is COc1ccc(C(=O)N=c2scc(C(=O)NCCc3ccc(Cl)cc3)n2CCCN)c(OC)c1. The summed E-state index contributed by atoms with van der Waals surface area (Å²) < 4.78 is 12.2. The van der Waals surface area contributed by atoms with Crippen molar-refractivity contribution in [2.45, 2.75) is 19.4 Å². The van der Waals surface area contributed by atoms with Crippen molar-refractivity contribution in [2.75, 3.05) is 27.3 Å². The highest BCUT2D eigenvalue weighted by molar-refractivity contribution is 7.07. The molecule has 8 nitrogen and oxygen atoms in total. The molecule has 10 heteroatoms. The van der Waals surface area contributed by atoms with Crippen molar-refractivity contribution < 1.29 is 19.1 Å². The number of carbonyl (C=O) groups is 2. The number of amides is 2. The van der Waals surface area contributed by atoms with Gasteiger partial charge >= 0.3 is 0 Å². The molecule has 0 atom stereocenters. The quantitative estimate of drug-likeness (QED) is 0.442. The molecule has 180 valence electrons. The van der Waals surface area contributed by atoms with Crippen molar-refractivity contribution >= 4 is 34.8 Å². The van der Waals surface area contributed by atoms with Crippen LogP contribution in [0.25, 0.3) is 0 Å². The van der Waals surface area contributed by atoms with Crippen molar-refractivity contribution in [3.05, 3.63) is 74.5 Å². The molecule has 1 heterocycles. The third kappa shape index (κ3) is 6.47. The van der Waals surface area contributed by atoms with Gasteiger partial charge in [-0.05, 0) is 49.2 Å². The lowest BCUT2D eigenvalue weighted by Gasteiger charge is -2.10. The van der Waals surface area contributed by atoms with E-state index in [0.29, 0.717) is 65.1 Å². The van der Waals surface area contributed by atoms with Gasteiger partial charge in [-0.1, -0.05) is 23.7 Å². The predicted octanol–water partition coefficient (Wildman–Crippen LogP) is 3.28. The van der Waals surface area contributed by atoms with Crippen LogP contribution < -0.4 is 25.3 Å². The summed E-state index contributed by atoms with van der Waals surface area (Å²) in [6, 6.07) is 12.4. The Bertz CT molecular complexity index is 1200. The molecule has 0 aliphatic heterocycles. The number of nitrogens with one attached hydrogen (secondary N) is 1. The van der Waals surface area contributed by atoms with E-state index in [1.165, 1.54) is 25.6 Å². The molecule has 0 spiro atoms. The van der Waals surface area contributed by atoms with Crippen molar-refractivity contribution in [1.82, 2.24) is 9.88 Å². The van der Waals surface area contributed by atoms with Crippen LogP contribution in [-0.4, -0.2) is 43.7 Å². The first-order valence-electron chi connectivity index (χ1n) is 10.7. The number of hydrogen-bond acceptors (Lipinski definition) is 6. The van der Waals surface area contributed by atoms with Crippen LogP contribution in [0.1, 0.15) is 32.8 Å². The minimum Gasteiger partial charge on any atom is -0.497 e. The topological polar surface area (TPSA) is 108 Å². The highest BCUT2D eigenvalue weighted by atomic mass is 35.5. The van der Waals surface area contributed by atoms with Gasteiger partial charge in [-0.15, -0.1) is 11.3 Å². The number of rotatable bonds is 10. The van der Waals surface area contributed by atoms with E-state index in [1.807, 2.05) is 24.3 Å². The van der Waals surface area contributed by atoms with Crippen LogP contribution in [0.15, 0.2) is 52.8 Å². The van der Waals surface area contributed by atoms with Gasteiger partial charge in [0.25, 0.3) is 11.8 Å². The summed E-state index contributed by atoms with van der Waals surface area (Å²) in [6.45, 7) is 1.37. The maximum atomic E-state index is 12.9. The highest BCUT2D eigenvalue weighted by Crippen LogP contribution is 2.25. The number of aromatic nitrogens is 1. The molecule has 0 saturated heterocycles. The van der Waals surface area contributed by atoms with Crippen LogP contribution >= 0.6 is 22.9 Å². The molecule has 0 aliphatic carbocycles. The van der Waals surface area contributed by atoms with Crippen molar-refractivity contribution in [3.8, 4) is 11.5 Å². The van der Waals surface area contributed by atoms with Gasteiger partial charge in [0.15, 0.2) is 4.80 Å². The van der Waals surface area contributed by atoms with E-state index < -0.39 is 5.91 Å². The van der Waals surface area contributed by atoms with Crippen LogP contribution in [0.5, 0.6) is 11.5 Å². The van der Waals surface area contributed by atoms with Gasteiger partial charge in [-0.25, -0.2) is 0 Å². The van der Waals surface area contributed by atoms with Gasteiger partial charge in [0.2, 0.25) is 0 Å². The first-order valence-corrected chi connectivity index (χ1v) is 11.9. The molecule has 0 unspecified atom stereocenters. The molecule has 3 N–H and O–H groups in total. The van der Waals surface area contributed by atoms with Crippen LogP contribution in [0.4, 0.5) is 0 Å². The lowest BCUT2D eigenvalue weighted by molar-refractivity contribution is 0.0940. The maximum Gasteiger partial charge on any atom is 0.283 e. The second kappa shape index (κ2) is 12.4. The number of methoxy groups -OCH3 is 2. The molecule has 2 aromatic carbocycles. The highest BCUT2D eigenvalue weighted by Gasteiger charge is 2.17. The normalized spacial score (nSPS) is 11.4. The van der Waals surface area contributed by atoms with Gasteiger partial charge in [0.1, 0.15) is 17.2 Å². The number of nitrogens with zero attached hydrogens (tertiary/aromatic N) is 2. The third-order valence-electron chi connectivity index (χ3n) is 5.06. The fourth-order valence-corrected chi connectivity index (χ4v) is 4.28. The van der Waals surface area contributed by atoms with E-state index in [4.69, 9.17) is 26.8 Å². The Morgan fingerprint density at radius 2 is 1.91 bits per heavy atom. The molecule has 0 fully saturated rings. The van der Waals surface area contributed by atoms with E-state index in [-0.39, 0.29) is 5.91 Å². The Hall–Kier alpha value is -3.14. The number of halogens is 1. The lowest BCUT2D eigenvalue weighted by Crippen LogP contribution is -2.31. The average Bonchev–Trinajstić information content (AvgIpc) is 3.25. The van der Waals surface area contributed by atoms with Gasteiger partial charge in [0, 0.05) is 29.6 Å². The number of hydrogen-bond donors (Lipinski definition) is 2. The largest absolute Gasteiger partial charge is 0.497 e. The predicted molar refractivity (Wildman–Crippen MR) is 133 cm³/mol. The molecular weight excluding hydrogens is 476 g/mol. The fourth-order valence-electron chi connectivity index (χ4n) is 3.25. The summed E-state index contributed by atoms with van der Waals surface area (Å²) in [4.78, 5) is 30.5. The van der Waals surface area contributed by atoms with E-state index in [1.54, 1.807) is 28.1 Å². The molecule has 1 aromatic heterocycles. The van der Waals surface area contributed by atoms with Gasteiger partial charge < -0.3 is 25.1 Å². The standard InChI is InChI=1S/C24H27ClN4O4S/c1-32-18-8-9-19(21(14-18)33-2)22(30)28-24-29(13-3-11-26)20(15-34-24)23(31)27-12-10-16-4-6-17(25)7-5-16/h4-9,14-15H,3,10-13,26H2,1-2H3,(H,27,31). The molecule has 0 aliphatic rings. The van der Waals surface area contributed by atoms with Crippen LogP contribution in [0.3, 0.4) is 0 Å². The average molecular weight is 503 g/mol. The summed E-state index contributed by atoms with van der Waals surface area (Å²) >= 11 is 7.14. The van der Waals surface area contributed by atoms with Gasteiger partial charge in [-0.2, -0.15) is 4.99 Å². The van der Waals surface area contributed by atoms with Crippen molar-refractivity contribution in [1.29, 1.82) is 0 Å². The van der Waals surface area contributed by atoms with Crippen LogP contribution in [-0.2, 0) is 13.0 Å². The van der Waals surface area contributed by atoms with E-state index in [0.717, 1.165) is 5.56 Å². The monoisotopic (exact) mass is 502 g/mol. The zero-order valence-electron chi connectivity index (χ0n) is 19.0. The summed E-state index contributed by atoms with van der Waals surface area (Å²) in [5.74, 6) is 0.217. The summed E-state index contributed by atoms with van der Waals surface area (Å²) in [5, 5.41) is 5.30. The molecule has 2 amide bonds. The summed E-state index contributed by atoms with van der Waals surface area (Å²) in [5.41, 5.74) is 7.49. The molecule has 0 radical (unpaired) electrons. The molecule has 0 saturated carbocycles. The first kappa shape index (κ1) is 25.5. The van der Waals surface area contributed by atoms with Crippen LogP contribution in [0, 0.1) is 0 Å². The zero-order valence-corrected chi connectivity index (χ0v) is 20.6. The van der Waals surface area contributed by atoms with Crippen molar-refractivity contribution in [2.24, 2.45) is 10.7 Å². The van der Waals surface area contributed by atoms with E-state index >= 15 is 0 Å². The number of nitrogens with two attached hydrogens (primary N) is 1. The Morgan fingerprint density at radius 3 is 2.59 bits per heavy atom. The Kier molecular flexibility index (Phi) is 9.26. The fraction of sp³-hybridized carbons (Fsp3) is 0.292. The number of benzene rings is 2. The lowest BCUT2D eigenvalue weighted by atomic mass is 10.1. The first-order chi connectivity index (χ1) is 16.5. The molecular formula is C24H27ClN4O4S. The smallest absolute Gasteiger partial charge is 0.283 e. The third-order valence-corrected chi connectivity index (χ3v) is 6.18. The van der Waals surface area contributed by atoms with Crippen molar-refractivity contribution in [3.63, 3.8) is 0 Å². The minimum absolute atomic E-state index is 0.238. The Labute approximate surface area is 207 Å². The molecule has 34 heavy (non-hydrogen) atoms. The number of ether oxygens (including phenoxy) is 2. The molecule has 0 bridgehead atoms. The van der Waals surface area contributed by atoms with Gasteiger partial charge in [0.05, 0.1) is 19.8 Å². The Balaban J connectivity index is 1.81. The van der Waals surface area contributed by atoms with Crippen LogP contribution in [0.2, 0.25) is 5.02 Å². The molecule has 3 aromatic rings.